The van der Waals surface area contributed by atoms with Gasteiger partial charge < -0.3 is 10.4 Å². The summed E-state index contributed by atoms with van der Waals surface area (Å²) in [7, 11) is 0. The van der Waals surface area contributed by atoms with Crippen molar-refractivity contribution < 1.29 is 14.7 Å². The number of carbonyl (C=O) groups is 2. The van der Waals surface area contributed by atoms with Gasteiger partial charge in [0.1, 0.15) is 4.88 Å². The molecular formula is C12H9BrN2O3S. The molecule has 0 atom stereocenters. The SMILES string of the molecule is Cc1c(Br)cccc1NC(=O)c1cnc(C(=O)O)s1. The molecule has 0 spiro atoms. The maximum Gasteiger partial charge on any atom is 0.365 e. The number of carbonyl (C=O) groups excluding carboxylic acids is 1. The zero-order chi connectivity index (χ0) is 14.0. The number of carboxylic acids is 1. The third kappa shape index (κ3) is 2.99. The molecule has 5 nitrogen and oxygen atoms in total. The van der Waals surface area contributed by atoms with E-state index in [0.29, 0.717) is 5.69 Å². The minimum atomic E-state index is -1.14. The zero-order valence-corrected chi connectivity index (χ0v) is 12.2. The normalized spacial score (nSPS) is 10.2. The number of rotatable bonds is 3. The Labute approximate surface area is 121 Å². The number of benzene rings is 1. The standard InChI is InChI=1S/C12H9BrN2O3S/c1-6-7(13)3-2-4-8(6)15-10(16)9-5-14-11(19-9)12(17)18/h2-5H,1H3,(H,15,16)(H,17,18). The summed E-state index contributed by atoms with van der Waals surface area (Å²) in [5, 5.41) is 11.4. The van der Waals surface area contributed by atoms with Crippen LogP contribution >= 0.6 is 27.3 Å². The van der Waals surface area contributed by atoms with Gasteiger partial charge in [0.2, 0.25) is 5.01 Å². The highest BCUT2D eigenvalue weighted by atomic mass is 79.9. The van der Waals surface area contributed by atoms with Gasteiger partial charge in [0.15, 0.2) is 0 Å². The summed E-state index contributed by atoms with van der Waals surface area (Å²) in [6, 6.07) is 5.46. The van der Waals surface area contributed by atoms with Crippen LogP contribution in [0.4, 0.5) is 5.69 Å². The van der Waals surface area contributed by atoms with Gasteiger partial charge in [-0.05, 0) is 24.6 Å². The summed E-state index contributed by atoms with van der Waals surface area (Å²) in [5.41, 5.74) is 1.57. The number of amides is 1. The number of halogens is 1. The fourth-order valence-electron chi connectivity index (χ4n) is 1.40. The van der Waals surface area contributed by atoms with Gasteiger partial charge in [-0.2, -0.15) is 0 Å². The number of thiazole rings is 1. The van der Waals surface area contributed by atoms with Crippen molar-refractivity contribution >= 4 is 44.8 Å². The van der Waals surface area contributed by atoms with Crippen LogP contribution in [0, 0.1) is 6.92 Å². The van der Waals surface area contributed by atoms with Crippen LogP contribution < -0.4 is 5.32 Å². The van der Waals surface area contributed by atoms with Crippen LogP contribution in [0.5, 0.6) is 0 Å². The van der Waals surface area contributed by atoms with Crippen molar-refractivity contribution in [2.75, 3.05) is 5.32 Å². The van der Waals surface area contributed by atoms with E-state index in [2.05, 4.69) is 26.2 Å². The van der Waals surface area contributed by atoms with E-state index in [1.807, 2.05) is 19.1 Å². The molecule has 2 aromatic rings. The van der Waals surface area contributed by atoms with Crippen LogP contribution in [0.3, 0.4) is 0 Å². The van der Waals surface area contributed by atoms with Gasteiger partial charge in [-0.1, -0.05) is 22.0 Å². The fourth-order valence-corrected chi connectivity index (χ4v) is 2.42. The Hall–Kier alpha value is -1.73. The maximum absolute atomic E-state index is 12.0. The highest BCUT2D eigenvalue weighted by Gasteiger charge is 2.15. The molecule has 2 rings (SSSR count). The summed E-state index contributed by atoms with van der Waals surface area (Å²) in [5.74, 6) is -1.51. The lowest BCUT2D eigenvalue weighted by molar-refractivity contribution is 0.0696. The van der Waals surface area contributed by atoms with E-state index >= 15 is 0 Å². The smallest absolute Gasteiger partial charge is 0.365 e. The van der Waals surface area contributed by atoms with Crippen molar-refractivity contribution in [1.29, 1.82) is 0 Å². The van der Waals surface area contributed by atoms with Gasteiger partial charge in [-0.25, -0.2) is 9.78 Å². The van der Waals surface area contributed by atoms with Crippen molar-refractivity contribution in [3.8, 4) is 0 Å². The Bertz CT molecular complexity index is 654. The van der Waals surface area contributed by atoms with Crippen LogP contribution in [0.1, 0.15) is 25.0 Å². The molecule has 7 heteroatoms. The Morgan fingerprint density at radius 2 is 2.16 bits per heavy atom. The van der Waals surface area contributed by atoms with Gasteiger partial charge in [-0.3, -0.25) is 4.79 Å². The van der Waals surface area contributed by atoms with Crippen LogP contribution in [-0.2, 0) is 0 Å². The van der Waals surface area contributed by atoms with Crippen molar-refractivity contribution in [2.45, 2.75) is 6.92 Å². The molecule has 0 unspecified atom stereocenters. The summed E-state index contributed by atoms with van der Waals surface area (Å²) in [6.45, 7) is 1.87. The number of aromatic nitrogens is 1. The topological polar surface area (TPSA) is 79.3 Å². The van der Waals surface area contributed by atoms with Gasteiger partial charge >= 0.3 is 5.97 Å². The molecule has 0 fully saturated rings. The lowest BCUT2D eigenvalue weighted by Gasteiger charge is -2.08. The van der Waals surface area contributed by atoms with Crippen LogP contribution in [-0.4, -0.2) is 22.0 Å². The predicted molar refractivity (Wildman–Crippen MR) is 75.9 cm³/mol. The number of hydrogen-bond acceptors (Lipinski definition) is 4. The van der Waals surface area contributed by atoms with Crippen molar-refractivity contribution in [2.24, 2.45) is 0 Å². The minimum absolute atomic E-state index is 0.101. The van der Waals surface area contributed by atoms with E-state index in [9.17, 15) is 9.59 Å². The first-order valence-electron chi connectivity index (χ1n) is 5.24. The van der Waals surface area contributed by atoms with Gasteiger partial charge in [-0.15, -0.1) is 11.3 Å². The average Bonchev–Trinajstić information content (AvgIpc) is 2.84. The molecule has 1 amide bonds. The molecule has 2 N–H and O–H groups in total. The van der Waals surface area contributed by atoms with Gasteiger partial charge in [0, 0.05) is 10.2 Å². The van der Waals surface area contributed by atoms with Crippen LogP contribution in [0.2, 0.25) is 0 Å². The molecular weight excluding hydrogens is 332 g/mol. The molecule has 0 saturated heterocycles. The molecule has 0 aliphatic rings. The largest absolute Gasteiger partial charge is 0.476 e. The van der Waals surface area contributed by atoms with E-state index in [4.69, 9.17) is 5.11 Å². The molecule has 1 heterocycles. The first-order valence-corrected chi connectivity index (χ1v) is 6.85. The average molecular weight is 341 g/mol. The second-order valence-corrected chi connectivity index (χ2v) is 5.59. The fraction of sp³-hybridized carbons (Fsp3) is 0.0833. The minimum Gasteiger partial charge on any atom is -0.476 e. The number of aromatic carboxylic acids is 1. The molecule has 1 aromatic carbocycles. The van der Waals surface area contributed by atoms with Crippen molar-refractivity contribution in [3.05, 3.63) is 44.3 Å². The monoisotopic (exact) mass is 340 g/mol. The molecule has 98 valence electrons. The number of nitrogens with zero attached hydrogens (tertiary/aromatic N) is 1. The second-order valence-electron chi connectivity index (χ2n) is 3.70. The Balaban J connectivity index is 2.21. The summed E-state index contributed by atoms with van der Waals surface area (Å²) in [4.78, 5) is 26.6. The lowest BCUT2D eigenvalue weighted by atomic mass is 10.2. The molecule has 0 saturated carbocycles. The Morgan fingerprint density at radius 1 is 1.42 bits per heavy atom. The molecule has 0 bridgehead atoms. The van der Waals surface area contributed by atoms with Gasteiger partial charge in [0.25, 0.3) is 5.91 Å². The summed E-state index contributed by atoms with van der Waals surface area (Å²) in [6.07, 6.45) is 1.26. The van der Waals surface area contributed by atoms with Crippen LogP contribution in [0.15, 0.2) is 28.9 Å². The first kappa shape index (κ1) is 13.7. The number of nitrogens with one attached hydrogen (secondary N) is 1. The van der Waals surface area contributed by atoms with E-state index in [1.54, 1.807) is 6.07 Å². The number of carboxylic acid groups (broad SMARTS) is 1. The maximum atomic E-state index is 12.0. The first-order chi connectivity index (χ1) is 8.99. The number of anilines is 1. The van der Waals surface area contributed by atoms with Crippen molar-refractivity contribution in [3.63, 3.8) is 0 Å². The quantitative estimate of drug-likeness (QED) is 0.899. The lowest BCUT2D eigenvalue weighted by Crippen LogP contribution is -2.11. The van der Waals surface area contributed by atoms with E-state index < -0.39 is 5.97 Å². The highest BCUT2D eigenvalue weighted by Crippen LogP contribution is 2.24. The third-order valence-corrected chi connectivity index (χ3v) is 4.27. The molecule has 0 aliphatic carbocycles. The molecule has 0 radical (unpaired) electrons. The molecule has 0 aliphatic heterocycles. The Kier molecular flexibility index (Phi) is 3.96. The summed E-state index contributed by atoms with van der Waals surface area (Å²) < 4.78 is 0.890. The molecule has 19 heavy (non-hydrogen) atoms. The Morgan fingerprint density at radius 3 is 2.79 bits per heavy atom. The molecule has 1 aromatic heterocycles. The summed E-state index contributed by atoms with van der Waals surface area (Å²) >= 11 is 4.22. The van der Waals surface area contributed by atoms with E-state index in [0.717, 1.165) is 21.4 Å². The third-order valence-electron chi connectivity index (χ3n) is 2.43. The zero-order valence-electron chi connectivity index (χ0n) is 9.81. The second kappa shape index (κ2) is 5.50. The van der Waals surface area contributed by atoms with Crippen molar-refractivity contribution in [1.82, 2.24) is 4.98 Å². The number of hydrogen-bond donors (Lipinski definition) is 2. The van der Waals surface area contributed by atoms with E-state index in [1.165, 1.54) is 6.20 Å². The van der Waals surface area contributed by atoms with Gasteiger partial charge in [0.05, 0.1) is 6.20 Å². The predicted octanol–water partition coefficient (Wildman–Crippen LogP) is 3.16. The van der Waals surface area contributed by atoms with Crippen LogP contribution in [0.25, 0.3) is 0 Å². The van der Waals surface area contributed by atoms with E-state index in [-0.39, 0.29) is 15.8 Å². The highest BCUT2D eigenvalue weighted by molar-refractivity contribution is 9.10.